The lowest BCUT2D eigenvalue weighted by Gasteiger charge is -2.05. The van der Waals surface area contributed by atoms with Crippen molar-refractivity contribution in [2.45, 2.75) is 44.9 Å². The molecular formula is C10H16O3. The van der Waals surface area contributed by atoms with Gasteiger partial charge in [-0.1, -0.05) is 6.42 Å². The number of carbonyl (C=O) groups excluding carboxylic acids is 1. The maximum absolute atomic E-state index is 11.2. The minimum absolute atomic E-state index is 0.237. The normalized spacial score (nSPS) is 22.2. The molecule has 0 bridgehead atoms. The summed E-state index contributed by atoms with van der Waals surface area (Å²) in [6, 6.07) is 0. The fraction of sp³-hybridized carbons (Fsp3) is 0.800. The molecule has 1 saturated carbocycles. The average Bonchev–Trinajstić information content (AvgIpc) is 2.45. The third-order valence-electron chi connectivity index (χ3n) is 2.62. The van der Waals surface area contributed by atoms with Gasteiger partial charge in [0.25, 0.3) is 0 Å². The third kappa shape index (κ3) is 3.57. The largest absolute Gasteiger partial charge is 0.481 e. The van der Waals surface area contributed by atoms with E-state index in [0.29, 0.717) is 12.2 Å². The number of hydrogen-bond acceptors (Lipinski definition) is 2. The number of aliphatic carboxylic acids is 1. The molecule has 0 amide bonds. The molecule has 3 nitrogen and oxygen atoms in total. The van der Waals surface area contributed by atoms with Crippen molar-refractivity contribution < 1.29 is 14.7 Å². The van der Waals surface area contributed by atoms with Gasteiger partial charge in [0, 0.05) is 18.8 Å². The predicted octanol–water partition coefficient (Wildman–Crippen LogP) is 2.00. The first-order valence-corrected chi connectivity index (χ1v) is 4.94. The molecule has 1 unspecified atom stereocenters. The number of rotatable bonds is 5. The Morgan fingerprint density at radius 2 is 2.23 bits per heavy atom. The molecule has 0 radical (unpaired) electrons. The van der Waals surface area contributed by atoms with Gasteiger partial charge in [0.15, 0.2) is 0 Å². The summed E-state index contributed by atoms with van der Waals surface area (Å²) in [5, 5.41) is 8.39. The van der Waals surface area contributed by atoms with Crippen molar-refractivity contribution in [3.05, 3.63) is 0 Å². The zero-order valence-electron chi connectivity index (χ0n) is 7.79. The summed E-state index contributed by atoms with van der Waals surface area (Å²) in [5.41, 5.74) is 0. The van der Waals surface area contributed by atoms with Gasteiger partial charge in [0.05, 0.1) is 0 Å². The topological polar surface area (TPSA) is 54.4 Å². The molecule has 1 aliphatic rings. The van der Waals surface area contributed by atoms with Crippen molar-refractivity contribution in [3.63, 3.8) is 0 Å². The summed E-state index contributed by atoms with van der Waals surface area (Å²) < 4.78 is 0. The molecule has 1 rings (SSSR count). The van der Waals surface area contributed by atoms with Gasteiger partial charge in [0.1, 0.15) is 5.78 Å². The van der Waals surface area contributed by atoms with Crippen molar-refractivity contribution in [1.82, 2.24) is 0 Å². The number of unbranched alkanes of at least 4 members (excludes halogenated alkanes) is 1. The Labute approximate surface area is 78.1 Å². The molecule has 0 heterocycles. The third-order valence-corrected chi connectivity index (χ3v) is 2.62. The van der Waals surface area contributed by atoms with Gasteiger partial charge in [-0.3, -0.25) is 9.59 Å². The van der Waals surface area contributed by atoms with Gasteiger partial charge in [-0.25, -0.2) is 0 Å². The van der Waals surface area contributed by atoms with Crippen molar-refractivity contribution in [2.24, 2.45) is 5.92 Å². The van der Waals surface area contributed by atoms with Crippen molar-refractivity contribution in [3.8, 4) is 0 Å². The lowest BCUT2D eigenvalue weighted by molar-refractivity contribution is -0.137. The Kier molecular flexibility index (Phi) is 3.93. The zero-order chi connectivity index (χ0) is 9.68. The number of Topliss-reactive ketones (excluding diaryl/α,β-unsaturated/α-hetero) is 1. The van der Waals surface area contributed by atoms with Crippen LogP contribution in [0.1, 0.15) is 44.9 Å². The summed E-state index contributed by atoms with van der Waals surface area (Å²) in [6.07, 6.45) is 5.51. The Morgan fingerprint density at radius 1 is 1.46 bits per heavy atom. The van der Waals surface area contributed by atoms with Gasteiger partial charge < -0.3 is 5.11 Å². The Morgan fingerprint density at radius 3 is 2.77 bits per heavy atom. The van der Waals surface area contributed by atoms with Crippen LogP contribution in [-0.2, 0) is 9.59 Å². The van der Waals surface area contributed by atoms with Crippen LogP contribution in [0.25, 0.3) is 0 Å². The summed E-state index contributed by atoms with van der Waals surface area (Å²) in [4.78, 5) is 21.4. The molecular weight excluding hydrogens is 168 g/mol. The molecule has 1 N–H and O–H groups in total. The quantitative estimate of drug-likeness (QED) is 0.665. The number of carboxylic acids is 1. The van der Waals surface area contributed by atoms with Crippen molar-refractivity contribution in [1.29, 1.82) is 0 Å². The molecule has 3 heteroatoms. The fourth-order valence-electron chi connectivity index (χ4n) is 1.86. The second kappa shape index (κ2) is 5.00. The van der Waals surface area contributed by atoms with E-state index in [-0.39, 0.29) is 12.3 Å². The van der Waals surface area contributed by atoms with E-state index in [2.05, 4.69) is 0 Å². The molecule has 13 heavy (non-hydrogen) atoms. The second-order valence-corrected chi connectivity index (χ2v) is 3.69. The van der Waals surface area contributed by atoms with E-state index in [9.17, 15) is 9.59 Å². The molecule has 1 fully saturated rings. The predicted molar refractivity (Wildman–Crippen MR) is 48.5 cm³/mol. The van der Waals surface area contributed by atoms with Crippen LogP contribution in [0.2, 0.25) is 0 Å². The smallest absolute Gasteiger partial charge is 0.303 e. The first-order valence-electron chi connectivity index (χ1n) is 4.94. The van der Waals surface area contributed by atoms with Crippen LogP contribution in [0, 0.1) is 5.92 Å². The number of carbonyl (C=O) groups is 2. The number of carboxylic acid groups (broad SMARTS) is 1. The van der Waals surface area contributed by atoms with Crippen LogP contribution in [0.4, 0.5) is 0 Å². The van der Waals surface area contributed by atoms with Crippen LogP contribution in [0.5, 0.6) is 0 Å². The molecule has 0 saturated heterocycles. The van der Waals surface area contributed by atoms with Crippen LogP contribution < -0.4 is 0 Å². The maximum atomic E-state index is 11.2. The van der Waals surface area contributed by atoms with Gasteiger partial charge in [-0.05, 0) is 25.7 Å². The highest BCUT2D eigenvalue weighted by Gasteiger charge is 2.23. The summed E-state index contributed by atoms with van der Waals surface area (Å²) in [5.74, 6) is -0.109. The van der Waals surface area contributed by atoms with Crippen LogP contribution >= 0.6 is 0 Å². The molecule has 1 atom stereocenters. The van der Waals surface area contributed by atoms with Gasteiger partial charge in [-0.2, -0.15) is 0 Å². The summed E-state index contributed by atoms with van der Waals surface area (Å²) in [6.45, 7) is 0. The first kappa shape index (κ1) is 10.2. The van der Waals surface area contributed by atoms with E-state index in [4.69, 9.17) is 5.11 Å². The highest BCUT2D eigenvalue weighted by molar-refractivity contribution is 5.82. The van der Waals surface area contributed by atoms with E-state index >= 15 is 0 Å². The van der Waals surface area contributed by atoms with E-state index in [1.807, 2.05) is 0 Å². The van der Waals surface area contributed by atoms with E-state index in [1.54, 1.807) is 0 Å². The minimum Gasteiger partial charge on any atom is -0.481 e. The standard InChI is InChI=1S/C10H16O3/c11-9-6-3-5-8(9)4-1-2-7-10(12)13/h8H,1-7H2,(H,12,13). The molecule has 0 aliphatic heterocycles. The average molecular weight is 184 g/mol. The lowest BCUT2D eigenvalue weighted by atomic mass is 9.99. The number of hydrogen-bond donors (Lipinski definition) is 1. The molecule has 74 valence electrons. The van der Waals surface area contributed by atoms with E-state index in [0.717, 1.165) is 32.1 Å². The molecule has 0 aromatic rings. The zero-order valence-corrected chi connectivity index (χ0v) is 7.79. The van der Waals surface area contributed by atoms with E-state index in [1.165, 1.54) is 0 Å². The SMILES string of the molecule is O=C(O)CCCCC1CCCC1=O. The van der Waals surface area contributed by atoms with Crippen LogP contribution in [-0.4, -0.2) is 16.9 Å². The monoisotopic (exact) mass is 184 g/mol. The van der Waals surface area contributed by atoms with Gasteiger partial charge in [0.2, 0.25) is 0 Å². The summed E-state index contributed by atoms with van der Waals surface area (Å²) >= 11 is 0. The second-order valence-electron chi connectivity index (χ2n) is 3.69. The highest BCUT2D eigenvalue weighted by atomic mass is 16.4. The van der Waals surface area contributed by atoms with Gasteiger partial charge >= 0.3 is 5.97 Å². The Hall–Kier alpha value is -0.860. The maximum Gasteiger partial charge on any atom is 0.303 e. The van der Waals surface area contributed by atoms with E-state index < -0.39 is 5.97 Å². The van der Waals surface area contributed by atoms with Crippen molar-refractivity contribution in [2.75, 3.05) is 0 Å². The molecule has 0 spiro atoms. The van der Waals surface area contributed by atoms with Crippen LogP contribution in [0.15, 0.2) is 0 Å². The Balaban J connectivity index is 2.05. The summed E-state index contributed by atoms with van der Waals surface area (Å²) in [7, 11) is 0. The Bertz CT molecular complexity index is 198. The van der Waals surface area contributed by atoms with Gasteiger partial charge in [-0.15, -0.1) is 0 Å². The minimum atomic E-state index is -0.738. The molecule has 0 aromatic heterocycles. The molecule has 1 aliphatic carbocycles. The fourth-order valence-corrected chi connectivity index (χ4v) is 1.86. The first-order chi connectivity index (χ1) is 6.20. The number of ketones is 1. The van der Waals surface area contributed by atoms with Crippen LogP contribution in [0.3, 0.4) is 0 Å². The van der Waals surface area contributed by atoms with Crippen molar-refractivity contribution >= 4 is 11.8 Å². The highest BCUT2D eigenvalue weighted by Crippen LogP contribution is 2.25. The lowest BCUT2D eigenvalue weighted by Crippen LogP contribution is -2.06. The molecule has 0 aromatic carbocycles.